The summed E-state index contributed by atoms with van der Waals surface area (Å²) in [6, 6.07) is 8.86. The van der Waals surface area contributed by atoms with Crippen LogP contribution in [0.4, 0.5) is 11.4 Å². The summed E-state index contributed by atoms with van der Waals surface area (Å²) in [5, 5.41) is 12.0. The summed E-state index contributed by atoms with van der Waals surface area (Å²) in [5.74, 6) is -0.235. The zero-order chi connectivity index (χ0) is 13.8. The largest absolute Gasteiger partial charge is 0.496 e. The molecule has 0 fully saturated rings. The van der Waals surface area contributed by atoms with Gasteiger partial charge in [-0.25, -0.2) is 9.78 Å². The fourth-order valence-electron chi connectivity index (χ4n) is 1.75. The van der Waals surface area contributed by atoms with Gasteiger partial charge in [0.15, 0.2) is 0 Å². The molecule has 1 aromatic heterocycles. The number of carbonyl (C=O) groups is 1. The Morgan fingerprint density at radius 2 is 2.00 bits per heavy atom. The van der Waals surface area contributed by atoms with Crippen molar-refractivity contribution in [3.8, 4) is 5.75 Å². The molecule has 5 nitrogen and oxygen atoms in total. The van der Waals surface area contributed by atoms with Crippen molar-refractivity contribution in [2.75, 3.05) is 12.4 Å². The molecule has 0 saturated heterocycles. The second kappa shape index (κ2) is 5.39. The molecule has 1 heterocycles. The molecule has 0 bridgehead atoms. The Labute approximate surface area is 110 Å². The number of carboxylic acid groups (broad SMARTS) is 1. The average Bonchev–Trinajstić information content (AvgIpc) is 2.39. The van der Waals surface area contributed by atoms with Crippen LogP contribution in [0.15, 0.2) is 36.5 Å². The van der Waals surface area contributed by atoms with Crippen LogP contribution in [0.25, 0.3) is 0 Å². The van der Waals surface area contributed by atoms with E-state index in [9.17, 15) is 4.79 Å². The van der Waals surface area contributed by atoms with Crippen LogP contribution >= 0.6 is 0 Å². The molecule has 0 atom stereocenters. The van der Waals surface area contributed by atoms with Crippen molar-refractivity contribution in [2.45, 2.75) is 6.92 Å². The summed E-state index contributed by atoms with van der Waals surface area (Å²) in [6.45, 7) is 1.94. The molecule has 0 saturated carbocycles. The summed E-state index contributed by atoms with van der Waals surface area (Å²) in [6.07, 6.45) is 1.46. The fraction of sp³-hybridized carbons (Fsp3) is 0.143. The molecule has 2 rings (SSSR count). The molecule has 5 heteroatoms. The number of aromatic nitrogens is 1. The van der Waals surface area contributed by atoms with Crippen molar-refractivity contribution in [2.24, 2.45) is 0 Å². The zero-order valence-corrected chi connectivity index (χ0v) is 10.7. The van der Waals surface area contributed by atoms with Crippen LogP contribution in [-0.2, 0) is 0 Å². The highest BCUT2D eigenvalue weighted by molar-refractivity contribution is 5.86. The molecule has 98 valence electrons. The van der Waals surface area contributed by atoms with Crippen molar-refractivity contribution >= 4 is 17.3 Å². The zero-order valence-electron chi connectivity index (χ0n) is 10.7. The van der Waals surface area contributed by atoms with Crippen molar-refractivity contribution in [1.82, 2.24) is 4.98 Å². The Morgan fingerprint density at radius 3 is 2.63 bits per heavy atom. The van der Waals surface area contributed by atoms with E-state index in [2.05, 4.69) is 10.3 Å². The lowest BCUT2D eigenvalue weighted by Gasteiger charge is -2.10. The van der Waals surface area contributed by atoms with Gasteiger partial charge in [-0.2, -0.15) is 0 Å². The van der Waals surface area contributed by atoms with Gasteiger partial charge in [0.1, 0.15) is 11.4 Å². The van der Waals surface area contributed by atoms with Crippen LogP contribution in [0.3, 0.4) is 0 Å². The normalized spacial score (nSPS) is 10.0. The van der Waals surface area contributed by atoms with Crippen LogP contribution in [0.5, 0.6) is 5.75 Å². The molecule has 0 radical (unpaired) electrons. The third-order valence-electron chi connectivity index (χ3n) is 2.66. The summed E-state index contributed by atoms with van der Waals surface area (Å²) in [5.41, 5.74) is 2.55. The van der Waals surface area contributed by atoms with Gasteiger partial charge in [0.2, 0.25) is 0 Å². The van der Waals surface area contributed by atoms with Crippen molar-refractivity contribution in [3.05, 3.63) is 47.8 Å². The topological polar surface area (TPSA) is 71.5 Å². The molecule has 0 amide bonds. The van der Waals surface area contributed by atoms with Crippen molar-refractivity contribution in [3.63, 3.8) is 0 Å². The van der Waals surface area contributed by atoms with E-state index in [1.54, 1.807) is 13.2 Å². The Hall–Kier alpha value is -2.56. The lowest BCUT2D eigenvalue weighted by molar-refractivity contribution is 0.0690. The van der Waals surface area contributed by atoms with E-state index in [0.29, 0.717) is 5.69 Å². The molecule has 1 aromatic carbocycles. The third kappa shape index (κ3) is 3.01. The highest BCUT2D eigenvalue weighted by atomic mass is 16.5. The SMILES string of the molecule is COc1ccc(Nc2ccnc(C(=O)O)c2)cc1C. The van der Waals surface area contributed by atoms with E-state index in [0.717, 1.165) is 17.0 Å². The minimum absolute atomic E-state index is 0.00948. The number of methoxy groups -OCH3 is 1. The average molecular weight is 258 g/mol. The second-order valence-corrected chi connectivity index (χ2v) is 4.04. The number of carboxylic acids is 1. The lowest BCUT2D eigenvalue weighted by Crippen LogP contribution is -2.01. The summed E-state index contributed by atoms with van der Waals surface area (Å²) < 4.78 is 5.19. The summed E-state index contributed by atoms with van der Waals surface area (Å²) in [4.78, 5) is 14.6. The Balaban J connectivity index is 2.23. The van der Waals surface area contributed by atoms with Gasteiger partial charge in [0.25, 0.3) is 0 Å². The first-order valence-corrected chi connectivity index (χ1v) is 5.71. The van der Waals surface area contributed by atoms with Crippen molar-refractivity contribution in [1.29, 1.82) is 0 Å². The lowest BCUT2D eigenvalue weighted by atomic mass is 10.2. The monoisotopic (exact) mass is 258 g/mol. The molecular formula is C14H14N2O3. The van der Waals surface area contributed by atoms with E-state index in [1.165, 1.54) is 12.3 Å². The smallest absolute Gasteiger partial charge is 0.354 e. The molecule has 2 N–H and O–H groups in total. The van der Waals surface area contributed by atoms with Gasteiger partial charge in [-0.05, 0) is 42.8 Å². The molecule has 0 unspecified atom stereocenters. The Bertz CT molecular complexity index is 611. The minimum atomic E-state index is -1.05. The number of benzene rings is 1. The summed E-state index contributed by atoms with van der Waals surface area (Å²) >= 11 is 0. The predicted octanol–water partition coefficient (Wildman–Crippen LogP) is 2.84. The first-order chi connectivity index (χ1) is 9.10. The highest BCUT2D eigenvalue weighted by Crippen LogP contribution is 2.24. The van der Waals surface area contributed by atoms with Gasteiger partial charge in [-0.15, -0.1) is 0 Å². The van der Waals surface area contributed by atoms with E-state index < -0.39 is 5.97 Å². The number of nitrogens with zero attached hydrogens (tertiary/aromatic N) is 1. The van der Waals surface area contributed by atoms with Crippen LogP contribution in [0.2, 0.25) is 0 Å². The summed E-state index contributed by atoms with van der Waals surface area (Å²) in [7, 11) is 1.62. The first-order valence-electron chi connectivity index (χ1n) is 5.71. The number of rotatable bonds is 4. The highest BCUT2D eigenvalue weighted by Gasteiger charge is 2.05. The molecular weight excluding hydrogens is 244 g/mol. The van der Waals surface area contributed by atoms with Gasteiger partial charge in [-0.1, -0.05) is 0 Å². The number of aromatic carboxylic acids is 1. The molecule has 0 aliphatic rings. The van der Waals surface area contributed by atoms with E-state index in [-0.39, 0.29) is 5.69 Å². The van der Waals surface area contributed by atoms with Crippen molar-refractivity contribution < 1.29 is 14.6 Å². The number of nitrogens with one attached hydrogen (secondary N) is 1. The van der Waals surface area contributed by atoms with E-state index >= 15 is 0 Å². The number of ether oxygens (including phenoxy) is 1. The quantitative estimate of drug-likeness (QED) is 0.882. The first kappa shape index (κ1) is 12.9. The molecule has 0 aliphatic carbocycles. The molecule has 0 spiro atoms. The van der Waals surface area contributed by atoms with Crippen LogP contribution in [-0.4, -0.2) is 23.2 Å². The number of aryl methyl sites for hydroxylation is 1. The number of hydrogen-bond acceptors (Lipinski definition) is 4. The van der Waals surface area contributed by atoms with Gasteiger partial charge < -0.3 is 15.2 Å². The maximum Gasteiger partial charge on any atom is 0.354 e. The fourth-order valence-corrected chi connectivity index (χ4v) is 1.75. The molecule has 19 heavy (non-hydrogen) atoms. The Kier molecular flexibility index (Phi) is 3.66. The predicted molar refractivity (Wildman–Crippen MR) is 72.2 cm³/mol. The molecule has 2 aromatic rings. The van der Waals surface area contributed by atoms with E-state index in [1.807, 2.05) is 25.1 Å². The second-order valence-electron chi connectivity index (χ2n) is 4.04. The number of hydrogen-bond donors (Lipinski definition) is 2. The van der Waals surface area contributed by atoms with E-state index in [4.69, 9.17) is 9.84 Å². The minimum Gasteiger partial charge on any atom is -0.496 e. The van der Waals surface area contributed by atoms with Gasteiger partial charge in [0, 0.05) is 17.6 Å². The standard InChI is InChI=1S/C14H14N2O3/c1-9-7-10(3-4-13(9)19-2)16-11-5-6-15-12(8-11)14(17)18/h3-8H,1-2H3,(H,15,16)(H,17,18). The number of pyridine rings is 1. The Morgan fingerprint density at radius 1 is 1.26 bits per heavy atom. The molecule has 0 aliphatic heterocycles. The maximum absolute atomic E-state index is 10.8. The van der Waals surface area contributed by atoms with Gasteiger partial charge in [0.05, 0.1) is 7.11 Å². The number of anilines is 2. The van der Waals surface area contributed by atoms with Crippen LogP contribution < -0.4 is 10.1 Å². The third-order valence-corrected chi connectivity index (χ3v) is 2.66. The maximum atomic E-state index is 10.8. The van der Waals surface area contributed by atoms with Crippen LogP contribution in [0, 0.1) is 6.92 Å². The van der Waals surface area contributed by atoms with Crippen LogP contribution in [0.1, 0.15) is 16.1 Å². The van der Waals surface area contributed by atoms with Gasteiger partial charge >= 0.3 is 5.97 Å². The van der Waals surface area contributed by atoms with Gasteiger partial charge in [-0.3, -0.25) is 0 Å².